The molecule has 0 saturated carbocycles. The number of imide groups is 2. The number of urea groups is 1. The minimum absolute atomic E-state index is 0.158. The van der Waals surface area contributed by atoms with E-state index in [0.717, 1.165) is 31.6 Å². The Hall–Kier alpha value is -3.58. The largest absolute Gasteiger partial charge is 0.335 e. The zero-order valence-electron chi connectivity index (χ0n) is 18.0. The Labute approximate surface area is 199 Å². The SMILES string of the molecule is Cc1cccc(N2C(=O)NC(=O)/C(=C\c3cc(Br)ccc3Cc3cccc(F)c3)C2=O)c1C. The van der Waals surface area contributed by atoms with E-state index in [1.165, 1.54) is 18.2 Å². The Morgan fingerprint density at radius 1 is 1.00 bits per heavy atom. The third-order valence-corrected chi connectivity index (χ3v) is 6.10. The zero-order valence-corrected chi connectivity index (χ0v) is 19.6. The molecule has 0 atom stereocenters. The van der Waals surface area contributed by atoms with Crippen LogP contribution in [-0.2, 0) is 16.0 Å². The van der Waals surface area contributed by atoms with E-state index in [2.05, 4.69) is 21.2 Å². The van der Waals surface area contributed by atoms with Gasteiger partial charge in [0.15, 0.2) is 0 Å². The fourth-order valence-electron chi connectivity index (χ4n) is 3.74. The van der Waals surface area contributed by atoms with E-state index in [1.807, 2.05) is 32.0 Å². The lowest BCUT2D eigenvalue weighted by Gasteiger charge is -2.28. The normalized spacial score (nSPS) is 15.2. The highest BCUT2D eigenvalue weighted by molar-refractivity contribution is 9.10. The summed E-state index contributed by atoms with van der Waals surface area (Å²) in [5.41, 5.74) is 4.11. The molecular weight excluding hydrogens is 487 g/mol. The van der Waals surface area contributed by atoms with Crippen LogP contribution < -0.4 is 10.2 Å². The lowest BCUT2D eigenvalue weighted by atomic mass is 9.97. The molecule has 0 unspecified atom stereocenters. The van der Waals surface area contributed by atoms with Gasteiger partial charge in [0.1, 0.15) is 11.4 Å². The highest BCUT2D eigenvalue weighted by Crippen LogP contribution is 2.28. The van der Waals surface area contributed by atoms with Crippen molar-refractivity contribution in [1.82, 2.24) is 5.32 Å². The summed E-state index contributed by atoms with van der Waals surface area (Å²) in [6.45, 7) is 3.70. The van der Waals surface area contributed by atoms with E-state index in [0.29, 0.717) is 17.7 Å². The predicted octanol–water partition coefficient (Wildman–Crippen LogP) is 5.46. The summed E-state index contributed by atoms with van der Waals surface area (Å²) in [4.78, 5) is 39.5. The highest BCUT2D eigenvalue weighted by atomic mass is 79.9. The molecule has 33 heavy (non-hydrogen) atoms. The first kappa shape index (κ1) is 22.6. The van der Waals surface area contributed by atoms with Crippen molar-refractivity contribution in [3.05, 3.63) is 104 Å². The van der Waals surface area contributed by atoms with Gasteiger partial charge in [-0.1, -0.05) is 46.3 Å². The molecule has 1 aliphatic rings. The van der Waals surface area contributed by atoms with Crippen LogP contribution in [0.2, 0.25) is 0 Å². The van der Waals surface area contributed by atoms with Crippen LogP contribution in [0, 0.1) is 19.7 Å². The van der Waals surface area contributed by atoms with Crippen molar-refractivity contribution in [2.24, 2.45) is 0 Å². The maximum Gasteiger partial charge on any atom is 0.335 e. The first-order chi connectivity index (χ1) is 15.7. The first-order valence-corrected chi connectivity index (χ1v) is 11.0. The fraction of sp³-hybridized carbons (Fsp3) is 0.115. The lowest BCUT2D eigenvalue weighted by Crippen LogP contribution is -2.54. The van der Waals surface area contributed by atoms with Crippen molar-refractivity contribution < 1.29 is 18.8 Å². The molecule has 166 valence electrons. The van der Waals surface area contributed by atoms with Crippen LogP contribution in [0.1, 0.15) is 27.8 Å². The van der Waals surface area contributed by atoms with Crippen LogP contribution in [0.5, 0.6) is 0 Å². The van der Waals surface area contributed by atoms with Crippen LogP contribution in [-0.4, -0.2) is 17.8 Å². The average molecular weight is 507 g/mol. The second kappa shape index (κ2) is 9.11. The quantitative estimate of drug-likeness (QED) is 0.377. The molecule has 0 aromatic heterocycles. The minimum Gasteiger partial charge on any atom is -0.273 e. The number of hydrogen-bond acceptors (Lipinski definition) is 3. The monoisotopic (exact) mass is 506 g/mol. The Bertz CT molecular complexity index is 1330. The maximum atomic E-state index is 13.7. The second-order valence-corrected chi connectivity index (χ2v) is 8.74. The number of amides is 4. The number of hydrogen-bond donors (Lipinski definition) is 1. The number of rotatable bonds is 4. The molecule has 0 radical (unpaired) electrons. The molecular formula is C26H20BrFN2O3. The molecule has 0 aliphatic carbocycles. The van der Waals surface area contributed by atoms with Gasteiger partial charge in [-0.25, -0.2) is 14.1 Å². The fourth-order valence-corrected chi connectivity index (χ4v) is 4.12. The Balaban J connectivity index is 1.77. The molecule has 3 aromatic rings. The number of barbiturate groups is 1. The number of nitrogens with one attached hydrogen (secondary N) is 1. The molecule has 1 aliphatic heterocycles. The van der Waals surface area contributed by atoms with Crippen molar-refractivity contribution in [2.75, 3.05) is 4.90 Å². The average Bonchev–Trinajstić information content (AvgIpc) is 2.76. The van der Waals surface area contributed by atoms with Gasteiger partial charge in [0.05, 0.1) is 5.69 Å². The van der Waals surface area contributed by atoms with E-state index in [-0.39, 0.29) is 11.4 Å². The Morgan fingerprint density at radius 3 is 2.52 bits per heavy atom. The number of halogens is 2. The van der Waals surface area contributed by atoms with Gasteiger partial charge in [-0.3, -0.25) is 14.9 Å². The molecule has 4 amide bonds. The second-order valence-electron chi connectivity index (χ2n) is 7.83. The van der Waals surface area contributed by atoms with E-state index in [9.17, 15) is 18.8 Å². The molecule has 0 bridgehead atoms. The van der Waals surface area contributed by atoms with Crippen molar-refractivity contribution >= 4 is 45.5 Å². The molecule has 7 heteroatoms. The highest BCUT2D eigenvalue weighted by Gasteiger charge is 2.37. The summed E-state index contributed by atoms with van der Waals surface area (Å²) in [7, 11) is 0. The van der Waals surface area contributed by atoms with Crippen LogP contribution in [0.3, 0.4) is 0 Å². The van der Waals surface area contributed by atoms with Crippen molar-refractivity contribution in [1.29, 1.82) is 0 Å². The van der Waals surface area contributed by atoms with E-state index < -0.39 is 17.8 Å². The van der Waals surface area contributed by atoms with Crippen molar-refractivity contribution in [3.63, 3.8) is 0 Å². The summed E-state index contributed by atoms with van der Waals surface area (Å²) >= 11 is 3.42. The Morgan fingerprint density at radius 2 is 1.76 bits per heavy atom. The van der Waals surface area contributed by atoms with Crippen LogP contribution in [0.15, 0.2) is 70.7 Å². The van der Waals surface area contributed by atoms with E-state index in [4.69, 9.17) is 0 Å². The van der Waals surface area contributed by atoms with E-state index in [1.54, 1.807) is 30.3 Å². The van der Waals surface area contributed by atoms with Crippen molar-refractivity contribution in [2.45, 2.75) is 20.3 Å². The number of aryl methyl sites for hydroxylation is 1. The summed E-state index contributed by atoms with van der Waals surface area (Å²) in [6.07, 6.45) is 1.88. The smallest absolute Gasteiger partial charge is 0.273 e. The van der Waals surface area contributed by atoms with Gasteiger partial charge in [0.2, 0.25) is 0 Å². The number of nitrogens with zero attached hydrogens (tertiary/aromatic N) is 1. The van der Waals surface area contributed by atoms with E-state index >= 15 is 0 Å². The predicted molar refractivity (Wildman–Crippen MR) is 128 cm³/mol. The third kappa shape index (κ3) is 4.64. The minimum atomic E-state index is -0.787. The third-order valence-electron chi connectivity index (χ3n) is 5.61. The number of benzene rings is 3. The van der Waals surface area contributed by atoms with Crippen LogP contribution in [0.4, 0.5) is 14.9 Å². The van der Waals surface area contributed by atoms with Gasteiger partial charge < -0.3 is 0 Å². The lowest BCUT2D eigenvalue weighted by molar-refractivity contribution is -0.122. The summed E-state index contributed by atoms with van der Waals surface area (Å²) in [6, 6.07) is 16.2. The number of carbonyl (C=O) groups excluding carboxylic acids is 3. The molecule has 1 N–H and O–H groups in total. The summed E-state index contributed by atoms with van der Waals surface area (Å²) < 4.78 is 14.4. The molecule has 1 heterocycles. The maximum absolute atomic E-state index is 13.7. The summed E-state index contributed by atoms with van der Waals surface area (Å²) in [5, 5.41) is 2.26. The zero-order chi connectivity index (χ0) is 23.7. The number of carbonyl (C=O) groups is 3. The van der Waals surface area contributed by atoms with Gasteiger partial charge >= 0.3 is 6.03 Å². The van der Waals surface area contributed by atoms with Crippen molar-refractivity contribution in [3.8, 4) is 0 Å². The van der Waals surface area contributed by atoms with Crippen LogP contribution in [0.25, 0.3) is 6.08 Å². The number of anilines is 1. The molecule has 3 aromatic carbocycles. The molecule has 4 rings (SSSR count). The first-order valence-electron chi connectivity index (χ1n) is 10.2. The molecule has 5 nitrogen and oxygen atoms in total. The standard InChI is InChI=1S/C26H20BrFN2O3/c1-15-5-3-8-23(16(15)2)30-25(32)22(24(31)29-26(30)33)14-19-13-20(27)10-9-18(19)11-17-6-4-7-21(28)12-17/h3-10,12-14H,11H2,1-2H3,(H,29,31,33)/b22-14+. The van der Waals surface area contributed by atoms with Gasteiger partial charge in [0.25, 0.3) is 11.8 Å². The van der Waals surface area contributed by atoms with Crippen LogP contribution >= 0.6 is 15.9 Å². The van der Waals surface area contributed by atoms with Gasteiger partial charge in [-0.15, -0.1) is 0 Å². The molecule has 1 saturated heterocycles. The topological polar surface area (TPSA) is 66.5 Å². The van der Waals surface area contributed by atoms with Gasteiger partial charge in [-0.05, 0) is 84.5 Å². The Kier molecular flexibility index (Phi) is 6.24. The van der Waals surface area contributed by atoms with Gasteiger partial charge in [0, 0.05) is 4.47 Å². The summed E-state index contributed by atoms with van der Waals surface area (Å²) in [5.74, 6) is -1.80. The van der Waals surface area contributed by atoms with Gasteiger partial charge in [-0.2, -0.15) is 0 Å². The molecule has 1 fully saturated rings. The molecule has 0 spiro atoms.